The summed E-state index contributed by atoms with van der Waals surface area (Å²) in [7, 11) is 0. The molecule has 0 N–H and O–H groups in total. The van der Waals surface area contributed by atoms with Crippen molar-refractivity contribution in [1.29, 1.82) is 0 Å². The smallest absolute Gasteiger partial charge is 0.0358 e. The van der Waals surface area contributed by atoms with Crippen molar-refractivity contribution in [2.24, 2.45) is 0 Å². The maximum absolute atomic E-state index is 2.52. The van der Waals surface area contributed by atoms with Gasteiger partial charge in [0.25, 0.3) is 0 Å². The Labute approximate surface area is 331 Å². The highest BCUT2D eigenvalue weighted by Crippen LogP contribution is 2.54. The van der Waals surface area contributed by atoms with E-state index in [1.807, 2.05) is 11.3 Å². The second-order valence-electron chi connectivity index (χ2n) is 16.3. The molecule has 0 fully saturated rings. The van der Waals surface area contributed by atoms with Crippen molar-refractivity contribution >= 4 is 70.6 Å². The monoisotopic (exact) mass is 730 g/mol. The van der Waals surface area contributed by atoms with E-state index in [1.165, 1.54) is 119 Å². The fourth-order valence-corrected chi connectivity index (χ4v) is 11.5. The standard InChI is InChI=1S/C55H38S/c1-55(2)48-28-26-35-30-47-40-18-9-10-24-50(40)56-51(47)32-46(35)54(48)45-27-25-37(31-49(45)55)53-43-21-7-5-19-41(43)52(42-20-6-8-22-44(42)53)36-16-11-15-34(29-36)39-23-12-14-33-13-3-4-17-38(33)39/h3-9,11-23,25-32H,10,24H2,1-2H3. The van der Waals surface area contributed by atoms with E-state index in [-0.39, 0.29) is 5.41 Å². The highest BCUT2D eigenvalue weighted by molar-refractivity contribution is 7.19. The first kappa shape index (κ1) is 32.0. The molecule has 0 amide bonds. The Balaban J connectivity index is 1.06. The van der Waals surface area contributed by atoms with Crippen LogP contribution in [0.1, 0.15) is 41.8 Å². The van der Waals surface area contributed by atoms with Crippen molar-refractivity contribution < 1.29 is 0 Å². The van der Waals surface area contributed by atoms with Crippen LogP contribution in [-0.2, 0) is 11.8 Å². The lowest BCUT2D eigenvalue weighted by molar-refractivity contribution is 0.661. The molecule has 0 saturated heterocycles. The Kier molecular flexibility index (Phi) is 6.78. The molecule has 56 heavy (non-hydrogen) atoms. The number of rotatable bonds is 3. The minimum absolute atomic E-state index is 0.130. The summed E-state index contributed by atoms with van der Waals surface area (Å²) in [6.45, 7) is 4.84. The SMILES string of the molecule is CC1(C)c2cc(-c3c4ccccc4c(-c4cccc(-c5cccc6ccccc56)c4)c4ccccc34)ccc2-c2c1ccc1cc3c4c(sc3cc21)CCC=C4. The maximum Gasteiger partial charge on any atom is 0.0358 e. The second kappa shape index (κ2) is 11.9. The molecule has 2 aliphatic rings. The predicted molar refractivity (Wildman–Crippen MR) is 243 cm³/mol. The van der Waals surface area contributed by atoms with Crippen LogP contribution in [0.2, 0.25) is 0 Å². The summed E-state index contributed by atoms with van der Waals surface area (Å²) >= 11 is 1.99. The van der Waals surface area contributed by atoms with Gasteiger partial charge in [0, 0.05) is 20.4 Å². The molecule has 12 rings (SSSR count). The van der Waals surface area contributed by atoms with E-state index in [1.54, 1.807) is 0 Å². The van der Waals surface area contributed by atoms with Crippen LogP contribution in [0.3, 0.4) is 0 Å². The van der Waals surface area contributed by atoms with Gasteiger partial charge in [-0.25, -0.2) is 0 Å². The van der Waals surface area contributed by atoms with Crippen molar-refractivity contribution in [3.05, 3.63) is 185 Å². The number of benzene rings is 9. The Morgan fingerprint density at radius 2 is 1.11 bits per heavy atom. The van der Waals surface area contributed by atoms with Crippen molar-refractivity contribution in [2.75, 3.05) is 0 Å². The fourth-order valence-electron chi connectivity index (χ4n) is 10.2. The van der Waals surface area contributed by atoms with Crippen molar-refractivity contribution in [2.45, 2.75) is 32.1 Å². The lowest BCUT2D eigenvalue weighted by atomic mass is 9.80. The highest BCUT2D eigenvalue weighted by Gasteiger charge is 2.37. The van der Waals surface area contributed by atoms with E-state index in [4.69, 9.17) is 0 Å². The topological polar surface area (TPSA) is 0 Å². The molecule has 1 heterocycles. The number of hydrogen-bond donors (Lipinski definition) is 0. The minimum atomic E-state index is -0.130. The summed E-state index contributed by atoms with van der Waals surface area (Å²) in [5.41, 5.74) is 14.5. The molecule has 0 saturated carbocycles. The van der Waals surface area contributed by atoms with Crippen LogP contribution in [0.25, 0.3) is 104 Å². The van der Waals surface area contributed by atoms with Gasteiger partial charge in [-0.2, -0.15) is 0 Å². The molecule has 0 bridgehead atoms. The first-order chi connectivity index (χ1) is 27.5. The summed E-state index contributed by atoms with van der Waals surface area (Å²) in [6.07, 6.45) is 6.98. The molecule has 2 aliphatic carbocycles. The maximum atomic E-state index is 2.52. The molecular formula is C55H38S. The molecule has 10 aromatic rings. The highest BCUT2D eigenvalue weighted by atomic mass is 32.1. The summed E-state index contributed by atoms with van der Waals surface area (Å²) < 4.78 is 1.41. The minimum Gasteiger partial charge on any atom is -0.140 e. The van der Waals surface area contributed by atoms with Crippen LogP contribution in [-0.4, -0.2) is 0 Å². The van der Waals surface area contributed by atoms with Crippen LogP contribution in [0.15, 0.2) is 164 Å². The molecule has 264 valence electrons. The van der Waals surface area contributed by atoms with Crippen molar-refractivity contribution in [1.82, 2.24) is 0 Å². The quantitative estimate of drug-likeness (QED) is 0.159. The molecule has 0 aliphatic heterocycles. The summed E-state index contributed by atoms with van der Waals surface area (Å²) in [5.74, 6) is 0. The van der Waals surface area contributed by atoms with Gasteiger partial charge in [-0.1, -0.05) is 159 Å². The van der Waals surface area contributed by atoms with Crippen LogP contribution in [0, 0.1) is 0 Å². The number of thiophene rings is 1. The van der Waals surface area contributed by atoms with Gasteiger partial charge >= 0.3 is 0 Å². The van der Waals surface area contributed by atoms with Gasteiger partial charge in [-0.05, 0) is 141 Å². The number of allylic oxidation sites excluding steroid dienone is 1. The fraction of sp³-hybridized carbons (Fsp3) is 0.0909. The second-order valence-corrected chi connectivity index (χ2v) is 17.4. The van der Waals surface area contributed by atoms with Crippen LogP contribution < -0.4 is 0 Å². The van der Waals surface area contributed by atoms with E-state index in [0.29, 0.717) is 0 Å². The third kappa shape index (κ3) is 4.53. The van der Waals surface area contributed by atoms with E-state index >= 15 is 0 Å². The molecule has 0 spiro atoms. The first-order valence-electron chi connectivity index (χ1n) is 19.9. The molecule has 1 heteroatoms. The Bertz CT molecular complexity index is 3270. The zero-order chi connectivity index (χ0) is 37.1. The lowest BCUT2D eigenvalue weighted by Gasteiger charge is -2.23. The number of fused-ring (bicyclic) bond motifs is 11. The number of aryl methyl sites for hydroxylation is 1. The Morgan fingerprint density at radius 1 is 0.446 bits per heavy atom. The zero-order valence-electron chi connectivity index (χ0n) is 31.5. The summed E-state index contributed by atoms with van der Waals surface area (Å²) in [4.78, 5) is 1.53. The lowest BCUT2D eigenvalue weighted by Crippen LogP contribution is -2.15. The average Bonchev–Trinajstić information content (AvgIpc) is 3.72. The van der Waals surface area contributed by atoms with Gasteiger partial charge in [0.05, 0.1) is 0 Å². The molecule has 0 unspecified atom stereocenters. The van der Waals surface area contributed by atoms with Crippen LogP contribution >= 0.6 is 11.3 Å². The molecule has 0 atom stereocenters. The van der Waals surface area contributed by atoms with E-state index in [9.17, 15) is 0 Å². The van der Waals surface area contributed by atoms with Crippen LogP contribution in [0.4, 0.5) is 0 Å². The van der Waals surface area contributed by atoms with E-state index < -0.39 is 0 Å². The van der Waals surface area contributed by atoms with Crippen LogP contribution in [0.5, 0.6) is 0 Å². The van der Waals surface area contributed by atoms with Gasteiger partial charge in [0.15, 0.2) is 0 Å². The van der Waals surface area contributed by atoms with Gasteiger partial charge < -0.3 is 0 Å². The van der Waals surface area contributed by atoms with Gasteiger partial charge in [0.1, 0.15) is 0 Å². The van der Waals surface area contributed by atoms with Gasteiger partial charge in [0.2, 0.25) is 0 Å². The van der Waals surface area contributed by atoms with E-state index in [0.717, 1.165) is 12.8 Å². The third-order valence-corrected chi connectivity index (χ3v) is 14.1. The molecule has 9 aromatic carbocycles. The summed E-state index contributed by atoms with van der Waals surface area (Å²) in [6, 6.07) is 59.7. The molecule has 0 nitrogen and oxygen atoms in total. The normalized spacial score (nSPS) is 14.2. The summed E-state index contributed by atoms with van der Waals surface area (Å²) in [5, 5.41) is 11.8. The number of hydrogen-bond acceptors (Lipinski definition) is 1. The molecule has 0 radical (unpaired) electrons. The third-order valence-electron chi connectivity index (χ3n) is 12.9. The van der Waals surface area contributed by atoms with Crippen molar-refractivity contribution in [3.8, 4) is 44.5 Å². The Morgan fingerprint density at radius 3 is 1.88 bits per heavy atom. The largest absolute Gasteiger partial charge is 0.140 e. The first-order valence-corrected chi connectivity index (χ1v) is 20.7. The van der Waals surface area contributed by atoms with Gasteiger partial charge in [-0.3, -0.25) is 0 Å². The zero-order valence-corrected chi connectivity index (χ0v) is 32.3. The van der Waals surface area contributed by atoms with Crippen molar-refractivity contribution in [3.63, 3.8) is 0 Å². The Hall–Kier alpha value is -6.28. The average molecular weight is 731 g/mol. The molecular weight excluding hydrogens is 693 g/mol. The molecule has 1 aromatic heterocycles. The predicted octanol–water partition coefficient (Wildman–Crippen LogP) is 15.8. The van der Waals surface area contributed by atoms with E-state index in [2.05, 4.69) is 184 Å². The van der Waals surface area contributed by atoms with Gasteiger partial charge in [-0.15, -0.1) is 11.3 Å².